The number of carbonyl (C=O) groups is 1. The maximum Gasteiger partial charge on any atom is 0.425 e. The Morgan fingerprint density at radius 3 is 2.35 bits per heavy atom. The number of rotatable bonds is 5. The van der Waals surface area contributed by atoms with Crippen molar-refractivity contribution < 1.29 is 27.6 Å². The lowest BCUT2D eigenvalue weighted by Crippen LogP contribution is -2.33. The van der Waals surface area contributed by atoms with Crippen LogP contribution in [0.15, 0.2) is 36.9 Å². The number of carbonyl (C=O) groups excluding carboxylic acids is 1. The van der Waals surface area contributed by atoms with E-state index in [9.17, 15) is 28.1 Å². The number of non-ortho nitro benzene ring substituents is 1. The number of benzene rings is 1. The fourth-order valence-corrected chi connectivity index (χ4v) is 1.32. The van der Waals surface area contributed by atoms with Crippen molar-refractivity contribution in [2.24, 2.45) is 0 Å². The van der Waals surface area contributed by atoms with Gasteiger partial charge in [0, 0.05) is 18.6 Å². The summed E-state index contributed by atoms with van der Waals surface area (Å²) in [4.78, 5) is 21.2. The van der Waals surface area contributed by atoms with Crippen molar-refractivity contribution in [1.82, 2.24) is 0 Å². The van der Waals surface area contributed by atoms with E-state index in [1.807, 2.05) is 0 Å². The summed E-state index contributed by atoms with van der Waals surface area (Å²) in [5.41, 5.74) is -0.478. The van der Waals surface area contributed by atoms with Crippen LogP contribution in [0.25, 0.3) is 0 Å². The molecule has 0 spiro atoms. The molecule has 1 unspecified atom stereocenters. The highest BCUT2D eigenvalue weighted by Gasteiger charge is 2.42. The van der Waals surface area contributed by atoms with Gasteiger partial charge in [-0.25, -0.2) is 4.79 Å². The number of hydrogen-bond donors (Lipinski definition) is 0. The molecule has 1 aromatic rings. The van der Waals surface area contributed by atoms with E-state index in [4.69, 9.17) is 0 Å². The zero-order valence-corrected chi connectivity index (χ0v) is 10.1. The Balaban J connectivity index is 2.83. The molecule has 0 fully saturated rings. The highest BCUT2D eigenvalue weighted by molar-refractivity contribution is 5.89. The summed E-state index contributed by atoms with van der Waals surface area (Å²) in [5.74, 6) is -1.20. The van der Waals surface area contributed by atoms with Gasteiger partial charge in [-0.3, -0.25) is 10.1 Å². The van der Waals surface area contributed by atoms with Gasteiger partial charge in [-0.1, -0.05) is 6.08 Å². The van der Waals surface area contributed by atoms with Crippen molar-refractivity contribution in [3.05, 3.63) is 52.6 Å². The number of nitrogens with zero attached hydrogens (tertiary/aromatic N) is 1. The smallest absolute Gasteiger partial charge is 0.425 e. The van der Waals surface area contributed by atoms with Crippen molar-refractivity contribution in [2.45, 2.75) is 18.7 Å². The third-order valence-corrected chi connectivity index (χ3v) is 2.31. The predicted molar refractivity (Wildman–Crippen MR) is 63.2 cm³/mol. The molecule has 0 aliphatic carbocycles. The van der Waals surface area contributed by atoms with Crippen LogP contribution < -0.4 is 0 Å². The normalized spacial score (nSPS) is 12.6. The van der Waals surface area contributed by atoms with Crippen LogP contribution in [0.3, 0.4) is 0 Å². The summed E-state index contributed by atoms with van der Waals surface area (Å²) < 4.78 is 42.0. The van der Waals surface area contributed by atoms with Gasteiger partial charge in [-0.15, -0.1) is 6.58 Å². The van der Waals surface area contributed by atoms with Crippen LogP contribution in [0.5, 0.6) is 0 Å². The van der Waals surface area contributed by atoms with E-state index in [1.165, 1.54) is 0 Å². The fraction of sp³-hybridized carbons (Fsp3) is 0.250. The molecule has 0 heterocycles. The van der Waals surface area contributed by atoms with E-state index < -0.39 is 29.6 Å². The molecule has 20 heavy (non-hydrogen) atoms. The molecule has 108 valence electrons. The molecule has 0 radical (unpaired) electrons. The van der Waals surface area contributed by atoms with Crippen LogP contribution in [0, 0.1) is 10.1 Å². The van der Waals surface area contributed by atoms with Crippen LogP contribution in [0.1, 0.15) is 16.8 Å². The SMILES string of the molecule is C=CCC(OC(=O)c1ccc([N+](=O)[O-])cc1)C(F)(F)F. The zero-order valence-electron chi connectivity index (χ0n) is 10.1. The summed E-state index contributed by atoms with van der Waals surface area (Å²) >= 11 is 0. The third-order valence-electron chi connectivity index (χ3n) is 2.31. The maximum atomic E-state index is 12.5. The van der Waals surface area contributed by atoms with Gasteiger partial charge in [0.05, 0.1) is 10.5 Å². The topological polar surface area (TPSA) is 69.4 Å². The van der Waals surface area contributed by atoms with Gasteiger partial charge in [0.2, 0.25) is 6.10 Å². The number of nitro groups is 1. The largest absolute Gasteiger partial charge is 0.449 e. The van der Waals surface area contributed by atoms with E-state index in [-0.39, 0.29) is 11.3 Å². The number of halogens is 3. The van der Waals surface area contributed by atoms with E-state index in [0.717, 1.165) is 30.3 Å². The molecule has 1 atom stereocenters. The molecule has 0 saturated heterocycles. The Kier molecular flexibility index (Phi) is 4.84. The van der Waals surface area contributed by atoms with Crippen molar-refractivity contribution >= 4 is 11.7 Å². The minimum Gasteiger partial charge on any atom is -0.449 e. The minimum absolute atomic E-state index is 0.200. The van der Waals surface area contributed by atoms with Crippen LogP contribution in [0.2, 0.25) is 0 Å². The number of ether oxygens (including phenoxy) is 1. The second-order valence-corrected chi connectivity index (χ2v) is 3.76. The lowest BCUT2D eigenvalue weighted by Gasteiger charge is -2.19. The van der Waals surface area contributed by atoms with Crippen molar-refractivity contribution in [2.75, 3.05) is 0 Å². The third kappa shape index (κ3) is 4.08. The van der Waals surface area contributed by atoms with Gasteiger partial charge in [0.15, 0.2) is 0 Å². The van der Waals surface area contributed by atoms with Crippen molar-refractivity contribution in [3.63, 3.8) is 0 Å². The average Bonchev–Trinajstić information content (AvgIpc) is 2.37. The zero-order chi connectivity index (χ0) is 15.3. The molecule has 0 N–H and O–H groups in total. The molecule has 1 aromatic carbocycles. The van der Waals surface area contributed by atoms with Crippen molar-refractivity contribution in [1.29, 1.82) is 0 Å². The Labute approximate surface area is 111 Å². The standard InChI is InChI=1S/C12H10F3NO4/c1-2-3-10(12(13,14)15)20-11(17)8-4-6-9(7-5-8)16(18)19/h2,4-7,10H,1,3H2. The Morgan fingerprint density at radius 1 is 1.40 bits per heavy atom. The lowest BCUT2D eigenvalue weighted by atomic mass is 10.2. The highest BCUT2D eigenvalue weighted by Crippen LogP contribution is 2.26. The van der Waals surface area contributed by atoms with Crippen molar-refractivity contribution in [3.8, 4) is 0 Å². The second-order valence-electron chi connectivity index (χ2n) is 3.76. The summed E-state index contributed by atoms with van der Waals surface area (Å²) in [5, 5.41) is 10.4. The monoisotopic (exact) mass is 289 g/mol. The van der Waals surface area contributed by atoms with E-state index >= 15 is 0 Å². The number of esters is 1. The van der Waals surface area contributed by atoms with Gasteiger partial charge in [0.1, 0.15) is 0 Å². The first kappa shape index (κ1) is 15.7. The average molecular weight is 289 g/mol. The molecule has 0 amide bonds. The molecular formula is C12H10F3NO4. The summed E-state index contributed by atoms with van der Waals surface area (Å²) in [6, 6.07) is 4.07. The van der Waals surface area contributed by atoms with Crippen LogP contribution >= 0.6 is 0 Å². The van der Waals surface area contributed by atoms with E-state index in [1.54, 1.807) is 0 Å². The number of nitro benzene ring substituents is 1. The minimum atomic E-state index is -4.70. The Hall–Kier alpha value is -2.38. The number of hydrogen-bond acceptors (Lipinski definition) is 4. The first-order valence-electron chi connectivity index (χ1n) is 5.38. The summed E-state index contributed by atoms with van der Waals surface area (Å²) in [6.07, 6.45) is -6.57. The predicted octanol–water partition coefficient (Wildman–Crippen LogP) is 3.26. The van der Waals surface area contributed by atoms with Gasteiger partial charge >= 0.3 is 12.1 Å². The Bertz CT molecular complexity index is 510. The quantitative estimate of drug-likeness (QED) is 0.361. The van der Waals surface area contributed by atoms with Gasteiger partial charge in [-0.2, -0.15) is 13.2 Å². The molecule has 5 nitrogen and oxygen atoms in total. The summed E-state index contributed by atoms with van der Waals surface area (Å²) in [6.45, 7) is 3.16. The molecule has 0 aromatic heterocycles. The molecule has 1 rings (SSSR count). The fourth-order valence-electron chi connectivity index (χ4n) is 1.32. The van der Waals surface area contributed by atoms with Crippen LogP contribution in [-0.2, 0) is 4.74 Å². The molecule has 0 aliphatic rings. The Morgan fingerprint density at radius 2 is 1.95 bits per heavy atom. The van der Waals surface area contributed by atoms with Gasteiger partial charge in [0.25, 0.3) is 5.69 Å². The van der Waals surface area contributed by atoms with E-state index in [0.29, 0.717) is 0 Å². The van der Waals surface area contributed by atoms with Crippen LogP contribution in [-0.4, -0.2) is 23.2 Å². The van der Waals surface area contributed by atoms with Crippen LogP contribution in [0.4, 0.5) is 18.9 Å². The van der Waals surface area contributed by atoms with Gasteiger partial charge in [-0.05, 0) is 12.1 Å². The number of alkyl halides is 3. The summed E-state index contributed by atoms with van der Waals surface area (Å²) in [7, 11) is 0. The molecule has 0 bridgehead atoms. The second kappa shape index (κ2) is 6.18. The highest BCUT2D eigenvalue weighted by atomic mass is 19.4. The van der Waals surface area contributed by atoms with Gasteiger partial charge < -0.3 is 4.74 Å². The molecular weight excluding hydrogens is 279 g/mol. The first-order chi connectivity index (χ1) is 9.25. The van der Waals surface area contributed by atoms with E-state index in [2.05, 4.69) is 11.3 Å². The molecule has 0 saturated carbocycles. The molecule has 8 heteroatoms. The molecule has 0 aliphatic heterocycles. The first-order valence-corrected chi connectivity index (χ1v) is 5.38. The maximum absolute atomic E-state index is 12.5. The lowest BCUT2D eigenvalue weighted by molar-refractivity contribution is -0.384.